The van der Waals surface area contributed by atoms with Crippen molar-refractivity contribution in [3.05, 3.63) is 41.2 Å². The Morgan fingerprint density at radius 3 is 2.43 bits per heavy atom. The van der Waals surface area contributed by atoms with Gasteiger partial charge in [0.25, 0.3) is 15.9 Å². The first-order chi connectivity index (χ1) is 10.7. The molecule has 0 aliphatic carbocycles. The number of carbonyl (C=O) groups excluding carboxylic acids is 1. The predicted octanol–water partition coefficient (Wildman–Crippen LogP) is 1.87. The quantitative estimate of drug-likeness (QED) is 0.770. The maximum absolute atomic E-state index is 12.9. The minimum absolute atomic E-state index is 0.0925. The van der Waals surface area contributed by atoms with Crippen LogP contribution in [0.1, 0.15) is 6.92 Å². The van der Waals surface area contributed by atoms with Crippen molar-refractivity contribution in [2.75, 3.05) is 20.6 Å². The largest absolute Gasteiger partial charge is 0.382 e. The molecule has 0 N–H and O–H groups in total. The van der Waals surface area contributed by atoms with Crippen LogP contribution in [0.4, 0.5) is 4.39 Å². The SMILES string of the molecule is CCN1C(=O)/C(=C/N(C)C)SC1=NS(=O)(=O)c1ccc(F)cc1. The van der Waals surface area contributed by atoms with Crippen LogP contribution in [0.25, 0.3) is 0 Å². The summed E-state index contributed by atoms with van der Waals surface area (Å²) in [6.07, 6.45) is 1.61. The average Bonchev–Trinajstić information content (AvgIpc) is 2.73. The molecule has 23 heavy (non-hydrogen) atoms. The number of nitrogens with zero attached hydrogens (tertiary/aromatic N) is 3. The van der Waals surface area contributed by atoms with Crippen molar-refractivity contribution in [2.24, 2.45) is 4.40 Å². The van der Waals surface area contributed by atoms with Gasteiger partial charge in [-0.25, -0.2) is 4.39 Å². The Morgan fingerprint density at radius 1 is 1.30 bits per heavy atom. The van der Waals surface area contributed by atoms with Crippen molar-refractivity contribution >= 4 is 32.9 Å². The number of sulfonamides is 1. The van der Waals surface area contributed by atoms with E-state index in [1.165, 1.54) is 4.90 Å². The Hall–Kier alpha value is -1.87. The summed E-state index contributed by atoms with van der Waals surface area (Å²) < 4.78 is 41.3. The lowest BCUT2D eigenvalue weighted by Gasteiger charge is -2.12. The van der Waals surface area contributed by atoms with Gasteiger partial charge in [-0.1, -0.05) is 0 Å². The molecule has 2 rings (SSSR count). The molecule has 0 aromatic heterocycles. The minimum atomic E-state index is -4.01. The summed E-state index contributed by atoms with van der Waals surface area (Å²) in [7, 11) is -0.482. The second-order valence-corrected chi connectivity index (χ2v) is 7.52. The van der Waals surface area contributed by atoms with Gasteiger partial charge < -0.3 is 4.90 Å². The Balaban J connectivity index is 2.41. The Bertz CT molecular complexity index is 771. The highest BCUT2D eigenvalue weighted by Gasteiger charge is 2.34. The van der Waals surface area contributed by atoms with Gasteiger partial charge in [-0.05, 0) is 43.0 Å². The third-order valence-electron chi connectivity index (χ3n) is 2.89. The zero-order valence-electron chi connectivity index (χ0n) is 12.9. The Kier molecular flexibility index (Phi) is 5.10. The van der Waals surface area contributed by atoms with Crippen LogP contribution < -0.4 is 0 Å². The van der Waals surface area contributed by atoms with Crippen LogP contribution in [0.3, 0.4) is 0 Å². The molecule has 1 saturated heterocycles. The van der Waals surface area contributed by atoms with Crippen LogP contribution >= 0.6 is 11.8 Å². The van der Waals surface area contributed by atoms with E-state index in [0.717, 1.165) is 36.0 Å². The number of amides is 1. The van der Waals surface area contributed by atoms with Gasteiger partial charge in [0, 0.05) is 26.8 Å². The molecule has 0 radical (unpaired) electrons. The Labute approximate surface area is 138 Å². The minimum Gasteiger partial charge on any atom is -0.382 e. The molecular weight excluding hydrogens is 341 g/mol. The number of halogens is 1. The van der Waals surface area contributed by atoms with E-state index in [0.29, 0.717) is 11.4 Å². The molecule has 1 aliphatic heterocycles. The molecule has 1 aliphatic rings. The van der Waals surface area contributed by atoms with E-state index in [2.05, 4.69) is 4.40 Å². The first kappa shape index (κ1) is 17.5. The third-order valence-corrected chi connectivity index (χ3v) is 5.28. The second kappa shape index (κ2) is 6.71. The standard InChI is InChI=1S/C14H16FN3O3S2/c1-4-18-13(19)12(9-17(2)3)22-14(18)16-23(20,21)11-7-5-10(15)6-8-11/h5-9H,4H2,1-3H3/b12-9-,16-14?. The molecular formula is C14H16FN3O3S2. The summed E-state index contributed by atoms with van der Waals surface area (Å²) in [5, 5.41) is 0.0925. The van der Waals surface area contributed by atoms with Gasteiger partial charge in [0.05, 0.1) is 9.80 Å². The van der Waals surface area contributed by atoms with Crippen molar-refractivity contribution in [1.29, 1.82) is 0 Å². The van der Waals surface area contributed by atoms with Gasteiger partial charge in [-0.15, -0.1) is 4.40 Å². The van der Waals surface area contributed by atoms with Gasteiger partial charge in [-0.2, -0.15) is 8.42 Å². The number of amidine groups is 1. The second-order valence-electron chi connectivity index (χ2n) is 4.91. The van der Waals surface area contributed by atoms with Crippen LogP contribution in [-0.2, 0) is 14.8 Å². The first-order valence-electron chi connectivity index (χ1n) is 6.73. The van der Waals surface area contributed by atoms with Crippen LogP contribution in [0.5, 0.6) is 0 Å². The smallest absolute Gasteiger partial charge is 0.284 e. The number of likely N-dealkylation sites (N-methyl/N-ethyl adjacent to an activating group) is 1. The zero-order valence-corrected chi connectivity index (χ0v) is 14.5. The van der Waals surface area contributed by atoms with Crippen LogP contribution in [0.2, 0.25) is 0 Å². The van der Waals surface area contributed by atoms with Crippen molar-refractivity contribution < 1.29 is 17.6 Å². The molecule has 1 fully saturated rings. The predicted molar refractivity (Wildman–Crippen MR) is 87.8 cm³/mol. The van der Waals surface area contributed by atoms with Gasteiger partial charge in [-0.3, -0.25) is 9.69 Å². The lowest BCUT2D eigenvalue weighted by atomic mass is 10.4. The summed E-state index contributed by atoms with van der Waals surface area (Å²) in [5.41, 5.74) is 0. The summed E-state index contributed by atoms with van der Waals surface area (Å²) >= 11 is 0.997. The van der Waals surface area contributed by atoms with Crippen molar-refractivity contribution in [3.8, 4) is 0 Å². The molecule has 0 spiro atoms. The highest BCUT2D eigenvalue weighted by Crippen LogP contribution is 2.32. The summed E-state index contributed by atoms with van der Waals surface area (Å²) in [4.78, 5) is 15.5. The molecule has 1 heterocycles. The molecule has 0 bridgehead atoms. The van der Waals surface area contributed by atoms with Crippen molar-refractivity contribution in [3.63, 3.8) is 0 Å². The fourth-order valence-corrected chi connectivity index (χ4v) is 4.15. The monoisotopic (exact) mass is 357 g/mol. The molecule has 1 aromatic rings. The molecule has 9 heteroatoms. The van der Waals surface area contributed by atoms with E-state index in [1.807, 2.05) is 0 Å². The number of hydrogen-bond acceptors (Lipinski definition) is 5. The van der Waals surface area contributed by atoms with Crippen LogP contribution in [-0.4, -0.2) is 49.9 Å². The average molecular weight is 357 g/mol. The maximum Gasteiger partial charge on any atom is 0.284 e. The molecule has 0 atom stereocenters. The molecule has 0 unspecified atom stereocenters. The number of hydrogen-bond donors (Lipinski definition) is 0. The molecule has 124 valence electrons. The van der Waals surface area contributed by atoms with E-state index in [9.17, 15) is 17.6 Å². The number of rotatable bonds is 4. The lowest BCUT2D eigenvalue weighted by Crippen LogP contribution is -2.29. The lowest BCUT2D eigenvalue weighted by molar-refractivity contribution is -0.122. The van der Waals surface area contributed by atoms with E-state index in [4.69, 9.17) is 0 Å². The number of thioether (sulfide) groups is 1. The number of carbonyl (C=O) groups is 1. The van der Waals surface area contributed by atoms with Crippen molar-refractivity contribution in [1.82, 2.24) is 9.80 Å². The third kappa shape index (κ3) is 3.91. The van der Waals surface area contributed by atoms with Crippen LogP contribution in [0.15, 0.2) is 44.7 Å². The number of benzene rings is 1. The highest BCUT2D eigenvalue weighted by atomic mass is 32.2. The highest BCUT2D eigenvalue weighted by molar-refractivity contribution is 8.19. The molecule has 6 nitrogen and oxygen atoms in total. The van der Waals surface area contributed by atoms with E-state index in [1.54, 1.807) is 32.1 Å². The van der Waals surface area contributed by atoms with Crippen LogP contribution in [0, 0.1) is 5.82 Å². The van der Waals surface area contributed by atoms with Gasteiger partial charge in [0.15, 0.2) is 5.17 Å². The van der Waals surface area contributed by atoms with Gasteiger partial charge in [0.2, 0.25) is 0 Å². The van der Waals surface area contributed by atoms with E-state index in [-0.39, 0.29) is 16.0 Å². The molecule has 1 aromatic carbocycles. The van der Waals surface area contributed by atoms with E-state index >= 15 is 0 Å². The summed E-state index contributed by atoms with van der Waals surface area (Å²) in [6.45, 7) is 2.03. The topological polar surface area (TPSA) is 70.1 Å². The normalized spacial score (nSPS) is 19.0. The van der Waals surface area contributed by atoms with Gasteiger partial charge in [0.1, 0.15) is 5.82 Å². The maximum atomic E-state index is 12.9. The van der Waals surface area contributed by atoms with Gasteiger partial charge >= 0.3 is 0 Å². The fourth-order valence-electron chi connectivity index (χ4n) is 1.84. The zero-order chi connectivity index (χ0) is 17.2. The Morgan fingerprint density at radius 2 is 1.91 bits per heavy atom. The first-order valence-corrected chi connectivity index (χ1v) is 8.98. The van der Waals surface area contributed by atoms with Crippen molar-refractivity contribution in [2.45, 2.75) is 11.8 Å². The fraction of sp³-hybridized carbons (Fsp3) is 0.286. The summed E-state index contributed by atoms with van der Waals surface area (Å²) in [5.74, 6) is -0.826. The van der Waals surface area contributed by atoms with E-state index < -0.39 is 15.8 Å². The summed E-state index contributed by atoms with van der Waals surface area (Å²) in [6, 6.07) is 4.38. The molecule has 1 amide bonds. The molecule has 0 saturated carbocycles.